The Balaban J connectivity index is 2.24. The van der Waals surface area contributed by atoms with E-state index in [1.165, 1.54) is 11.3 Å². The standard InChI is InChI=1S/C10H8N3OS/c1-7(14)11-10-13-12-9(15-10)8-5-3-2-4-6-8/h2-6H,1H2,(H,11,13,14). The molecule has 0 spiro atoms. The van der Waals surface area contributed by atoms with Crippen LogP contribution in [0.5, 0.6) is 0 Å². The van der Waals surface area contributed by atoms with E-state index in [4.69, 9.17) is 0 Å². The van der Waals surface area contributed by atoms with Gasteiger partial charge < -0.3 is 5.32 Å². The highest BCUT2D eigenvalue weighted by atomic mass is 32.1. The highest BCUT2D eigenvalue weighted by Crippen LogP contribution is 2.25. The molecule has 5 heteroatoms. The Kier molecular flexibility index (Phi) is 2.73. The molecule has 0 aliphatic rings. The van der Waals surface area contributed by atoms with Crippen molar-refractivity contribution in [1.82, 2.24) is 10.2 Å². The Hall–Kier alpha value is -1.75. The number of nitrogens with zero attached hydrogens (tertiary/aromatic N) is 2. The molecule has 0 saturated carbocycles. The highest BCUT2D eigenvalue weighted by Gasteiger charge is 2.06. The zero-order valence-corrected chi connectivity index (χ0v) is 8.62. The van der Waals surface area contributed by atoms with Gasteiger partial charge in [-0.05, 0) is 0 Å². The van der Waals surface area contributed by atoms with Crippen LogP contribution in [0, 0.1) is 6.92 Å². The smallest absolute Gasteiger partial charge is 0.226 e. The Labute approximate surface area is 91.0 Å². The number of hydrogen-bond acceptors (Lipinski definition) is 4. The number of hydrogen-bond donors (Lipinski definition) is 1. The summed E-state index contributed by atoms with van der Waals surface area (Å²) >= 11 is 1.32. The van der Waals surface area contributed by atoms with Gasteiger partial charge in [-0.15, -0.1) is 10.2 Å². The normalized spacial score (nSPS) is 9.93. The third-order valence-electron chi connectivity index (χ3n) is 1.69. The molecule has 1 amide bonds. The largest absolute Gasteiger partial charge is 0.301 e. The molecule has 1 aromatic carbocycles. The second-order valence-electron chi connectivity index (χ2n) is 2.83. The summed E-state index contributed by atoms with van der Waals surface area (Å²) in [6.45, 7) is 3.20. The summed E-state index contributed by atoms with van der Waals surface area (Å²) in [5.74, 6) is -0.384. The summed E-state index contributed by atoms with van der Waals surface area (Å²) in [7, 11) is 0. The van der Waals surface area contributed by atoms with Crippen molar-refractivity contribution in [2.75, 3.05) is 5.32 Å². The van der Waals surface area contributed by atoms with Crippen LogP contribution in [0.25, 0.3) is 10.6 Å². The van der Waals surface area contributed by atoms with Gasteiger partial charge in [0.25, 0.3) is 0 Å². The van der Waals surface area contributed by atoms with E-state index in [1.54, 1.807) is 0 Å². The van der Waals surface area contributed by atoms with E-state index < -0.39 is 0 Å². The minimum Gasteiger partial charge on any atom is -0.301 e. The maximum absolute atomic E-state index is 10.7. The van der Waals surface area contributed by atoms with Gasteiger partial charge in [-0.2, -0.15) is 0 Å². The average molecular weight is 218 g/mol. The van der Waals surface area contributed by atoms with Crippen molar-refractivity contribution in [2.24, 2.45) is 0 Å². The minimum absolute atomic E-state index is 0.384. The lowest BCUT2D eigenvalue weighted by Gasteiger charge is -1.92. The van der Waals surface area contributed by atoms with Crippen molar-refractivity contribution in [3.63, 3.8) is 0 Å². The van der Waals surface area contributed by atoms with Gasteiger partial charge in [0.15, 0.2) is 0 Å². The first kappa shape index (κ1) is 9.79. The first-order valence-corrected chi connectivity index (χ1v) is 5.09. The molecule has 0 fully saturated rings. The lowest BCUT2D eigenvalue weighted by Crippen LogP contribution is -2.05. The predicted molar refractivity (Wildman–Crippen MR) is 59.3 cm³/mol. The number of carbonyl (C=O) groups is 1. The molecular weight excluding hydrogens is 210 g/mol. The van der Waals surface area contributed by atoms with Crippen LogP contribution in [0.15, 0.2) is 30.3 Å². The molecule has 1 aromatic heterocycles. The molecule has 1 heterocycles. The number of anilines is 1. The van der Waals surface area contributed by atoms with Gasteiger partial charge in [0.05, 0.1) is 0 Å². The lowest BCUT2D eigenvalue weighted by atomic mass is 10.2. The monoisotopic (exact) mass is 218 g/mol. The second kappa shape index (κ2) is 4.18. The predicted octanol–water partition coefficient (Wildman–Crippen LogP) is 1.98. The molecule has 15 heavy (non-hydrogen) atoms. The van der Waals surface area contributed by atoms with Gasteiger partial charge in [0.2, 0.25) is 11.0 Å². The summed E-state index contributed by atoms with van der Waals surface area (Å²) < 4.78 is 0. The van der Waals surface area contributed by atoms with Crippen molar-refractivity contribution < 1.29 is 4.79 Å². The molecule has 0 unspecified atom stereocenters. The van der Waals surface area contributed by atoms with Crippen molar-refractivity contribution >= 4 is 22.4 Å². The molecule has 0 saturated heterocycles. The highest BCUT2D eigenvalue weighted by molar-refractivity contribution is 7.18. The van der Waals surface area contributed by atoms with Crippen molar-refractivity contribution in [2.45, 2.75) is 0 Å². The molecule has 1 radical (unpaired) electrons. The molecule has 0 atom stereocenters. The number of aromatic nitrogens is 2. The SMILES string of the molecule is [CH2]C(=O)Nc1nnc(-c2ccccc2)s1. The number of rotatable bonds is 2. The van der Waals surface area contributed by atoms with E-state index in [1.807, 2.05) is 30.3 Å². The van der Waals surface area contributed by atoms with Gasteiger partial charge in [-0.3, -0.25) is 4.79 Å². The van der Waals surface area contributed by atoms with Crippen LogP contribution in [0.1, 0.15) is 0 Å². The van der Waals surface area contributed by atoms with Gasteiger partial charge in [-0.25, -0.2) is 0 Å². The molecule has 0 aliphatic heterocycles. The third kappa shape index (κ3) is 2.38. The summed E-state index contributed by atoms with van der Waals surface area (Å²) in [5, 5.41) is 11.5. The Morgan fingerprint density at radius 3 is 2.67 bits per heavy atom. The van der Waals surface area contributed by atoms with Crippen molar-refractivity contribution in [1.29, 1.82) is 0 Å². The molecular formula is C10H8N3OS. The van der Waals surface area contributed by atoms with E-state index in [-0.39, 0.29) is 5.91 Å². The third-order valence-corrected chi connectivity index (χ3v) is 2.58. The number of nitrogens with one attached hydrogen (secondary N) is 1. The molecule has 0 aliphatic carbocycles. The summed E-state index contributed by atoms with van der Waals surface area (Å²) in [6, 6.07) is 9.67. The number of benzene rings is 1. The van der Waals surface area contributed by atoms with Crippen LogP contribution in [-0.2, 0) is 4.79 Å². The summed E-state index contributed by atoms with van der Waals surface area (Å²) in [5.41, 5.74) is 0.986. The fraction of sp³-hybridized carbons (Fsp3) is 0. The van der Waals surface area contributed by atoms with Crippen LogP contribution in [-0.4, -0.2) is 16.1 Å². The molecule has 2 aromatic rings. The Morgan fingerprint density at radius 1 is 1.27 bits per heavy atom. The average Bonchev–Trinajstić information content (AvgIpc) is 2.67. The number of carbonyl (C=O) groups excluding carboxylic acids is 1. The maximum atomic E-state index is 10.7. The topological polar surface area (TPSA) is 54.9 Å². The van der Waals surface area contributed by atoms with E-state index in [9.17, 15) is 4.79 Å². The van der Waals surface area contributed by atoms with Crippen LogP contribution >= 0.6 is 11.3 Å². The second-order valence-corrected chi connectivity index (χ2v) is 3.80. The van der Waals surface area contributed by atoms with Gasteiger partial charge >= 0.3 is 0 Å². The maximum Gasteiger partial charge on any atom is 0.226 e. The van der Waals surface area contributed by atoms with Crippen molar-refractivity contribution in [3.8, 4) is 10.6 Å². The van der Waals surface area contributed by atoms with Gasteiger partial charge in [0.1, 0.15) is 5.01 Å². The zero-order chi connectivity index (χ0) is 10.7. The Bertz CT molecular complexity index is 467. The van der Waals surface area contributed by atoms with Crippen LogP contribution in [0.2, 0.25) is 0 Å². The Morgan fingerprint density at radius 2 is 2.00 bits per heavy atom. The molecule has 0 bridgehead atoms. The molecule has 2 rings (SSSR count). The first-order chi connectivity index (χ1) is 7.25. The fourth-order valence-corrected chi connectivity index (χ4v) is 1.86. The summed E-state index contributed by atoms with van der Waals surface area (Å²) in [4.78, 5) is 10.7. The quantitative estimate of drug-likeness (QED) is 0.838. The minimum atomic E-state index is -0.384. The van der Waals surface area contributed by atoms with Crippen molar-refractivity contribution in [3.05, 3.63) is 37.3 Å². The van der Waals surface area contributed by atoms with Crippen LogP contribution in [0.4, 0.5) is 5.13 Å². The van der Waals surface area contributed by atoms with Crippen LogP contribution in [0.3, 0.4) is 0 Å². The lowest BCUT2D eigenvalue weighted by molar-refractivity contribution is -0.112. The molecule has 75 valence electrons. The summed E-state index contributed by atoms with van der Waals surface area (Å²) in [6.07, 6.45) is 0. The molecule has 4 nitrogen and oxygen atoms in total. The van der Waals surface area contributed by atoms with E-state index in [0.717, 1.165) is 10.6 Å². The zero-order valence-electron chi connectivity index (χ0n) is 7.80. The fourth-order valence-electron chi connectivity index (χ4n) is 1.09. The van der Waals surface area contributed by atoms with Gasteiger partial charge in [-0.1, -0.05) is 41.7 Å². The number of amides is 1. The van der Waals surface area contributed by atoms with Crippen LogP contribution < -0.4 is 5.32 Å². The first-order valence-electron chi connectivity index (χ1n) is 4.27. The van der Waals surface area contributed by atoms with E-state index >= 15 is 0 Å². The van der Waals surface area contributed by atoms with E-state index in [0.29, 0.717) is 5.13 Å². The molecule has 1 N–H and O–H groups in total. The van der Waals surface area contributed by atoms with E-state index in [2.05, 4.69) is 22.4 Å². The van der Waals surface area contributed by atoms with Gasteiger partial charge in [0, 0.05) is 12.5 Å².